The molecule has 0 radical (unpaired) electrons. The van der Waals surface area contributed by atoms with E-state index in [0.717, 1.165) is 42.5 Å². The number of piperidine rings is 1. The van der Waals surface area contributed by atoms with Crippen LogP contribution in [0.1, 0.15) is 39.2 Å². The lowest BCUT2D eigenvalue weighted by Gasteiger charge is -2.38. The van der Waals surface area contributed by atoms with Crippen molar-refractivity contribution in [2.24, 2.45) is 0 Å². The van der Waals surface area contributed by atoms with Gasteiger partial charge in [0.2, 0.25) is 0 Å². The Hall–Kier alpha value is -3.17. The number of rotatable bonds is 4. The highest BCUT2D eigenvalue weighted by Gasteiger charge is 2.27. The van der Waals surface area contributed by atoms with Crippen molar-refractivity contribution in [2.75, 3.05) is 23.3 Å². The molecular weight excluding hydrogens is 389 g/mol. The van der Waals surface area contributed by atoms with Gasteiger partial charge in [0.25, 0.3) is 0 Å². The lowest BCUT2D eigenvalue weighted by atomic mass is 9.98. The fourth-order valence-electron chi connectivity index (χ4n) is 4.28. The number of halogens is 1. The van der Waals surface area contributed by atoms with E-state index in [-0.39, 0.29) is 11.4 Å². The van der Waals surface area contributed by atoms with Gasteiger partial charge in [0.1, 0.15) is 17.4 Å². The number of nitrogens with one attached hydrogen (secondary N) is 2. The Bertz CT molecular complexity index is 1120. The van der Waals surface area contributed by atoms with Crippen molar-refractivity contribution in [3.8, 4) is 6.07 Å². The molecule has 31 heavy (non-hydrogen) atoms. The van der Waals surface area contributed by atoms with Gasteiger partial charge >= 0.3 is 0 Å². The van der Waals surface area contributed by atoms with Crippen LogP contribution in [0.25, 0.3) is 10.9 Å². The molecule has 1 saturated heterocycles. The summed E-state index contributed by atoms with van der Waals surface area (Å²) in [6, 6.07) is 16.9. The Morgan fingerprint density at radius 2 is 1.84 bits per heavy atom. The topological polar surface area (TPSA) is 64.0 Å². The zero-order chi connectivity index (χ0) is 22.0. The maximum atomic E-state index is 13.7. The van der Waals surface area contributed by atoms with Gasteiger partial charge in [-0.15, -0.1) is 0 Å². The Morgan fingerprint density at radius 1 is 1.10 bits per heavy atom. The molecule has 0 aliphatic carbocycles. The van der Waals surface area contributed by atoms with Crippen LogP contribution in [0.3, 0.4) is 0 Å². The Balaban J connectivity index is 1.71. The van der Waals surface area contributed by atoms with Crippen LogP contribution in [0.15, 0.2) is 48.5 Å². The van der Waals surface area contributed by atoms with Crippen LogP contribution in [0.2, 0.25) is 0 Å². The molecule has 4 rings (SSSR count). The molecule has 0 saturated carbocycles. The normalized spacial score (nSPS) is 15.1. The van der Waals surface area contributed by atoms with Crippen LogP contribution in [-0.4, -0.2) is 29.7 Å². The maximum absolute atomic E-state index is 13.7. The highest BCUT2D eigenvalue weighted by molar-refractivity contribution is 5.98. The summed E-state index contributed by atoms with van der Waals surface area (Å²) >= 11 is 0. The van der Waals surface area contributed by atoms with E-state index < -0.39 is 0 Å². The molecule has 1 aliphatic rings. The minimum Gasteiger partial charge on any atom is -0.370 e. The Morgan fingerprint density at radius 3 is 2.52 bits per heavy atom. The highest BCUT2D eigenvalue weighted by atomic mass is 19.1. The average molecular weight is 418 g/mol. The van der Waals surface area contributed by atoms with Crippen molar-refractivity contribution >= 4 is 28.1 Å². The molecule has 1 aromatic heterocycles. The summed E-state index contributed by atoms with van der Waals surface area (Å²) in [5.41, 5.74) is 2.85. The molecule has 1 fully saturated rings. The quantitative estimate of drug-likeness (QED) is 0.599. The Labute approximate surface area is 182 Å². The van der Waals surface area contributed by atoms with E-state index in [0.29, 0.717) is 23.1 Å². The van der Waals surface area contributed by atoms with E-state index >= 15 is 0 Å². The van der Waals surface area contributed by atoms with Gasteiger partial charge in [-0.1, -0.05) is 24.3 Å². The maximum Gasteiger partial charge on any atom is 0.151 e. The van der Waals surface area contributed by atoms with Gasteiger partial charge in [-0.2, -0.15) is 5.26 Å². The minimum atomic E-state index is -0.335. The van der Waals surface area contributed by atoms with Gasteiger partial charge < -0.3 is 15.5 Å². The number of hydrogen-bond donors (Lipinski definition) is 2. The first-order valence-corrected chi connectivity index (χ1v) is 10.7. The van der Waals surface area contributed by atoms with Crippen LogP contribution >= 0.6 is 0 Å². The van der Waals surface area contributed by atoms with Crippen LogP contribution < -0.4 is 15.5 Å². The van der Waals surface area contributed by atoms with Gasteiger partial charge in [-0.25, -0.2) is 9.37 Å². The van der Waals surface area contributed by atoms with Gasteiger partial charge in [-0.3, -0.25) is 0 Å². The molecule has 2 heterocycles. The van der Waals surface area contributed by atoms with E-state index in [1.54, 1.807) is 12.1 Å². The number of nitriles is 1. The standard InChI is InChI=1S/C25H28FN5/c1-25(2,3)30-18-11-13-31(14-12-18)23-20-9-4-5-10-22(20)29-24(21(23)16-27)28-19-8-6-7-17(26)15-19/h4-10,15,18,30H,11-14H2,1-3H3,(H,28,29). The predicted molar refractivity (Wildman–Crippen MR) is 124 cm³/mol. The first kappa shape index (κ1) is 21.1. The summed E-state index contributed by atoms with van der Waals surface area (Å²) in [5.74, 6) is 0.120. The van der Waals surface area contributed by atoms with E-state index in [9.17, 15) is 9.65 Å². The van der Waals surface area contributed by atoms with Crippen molar-refractivity contribution < 1.29 is 4.39 Å². The van der Waals surface area contributed by atoms with Crippen LogP contribution in [0, 0.1) is 17.1 Å². The van der Waals surface area contributed by atoms with E-state index in [1.807, 2.05) is 24.3 Å². The molecule has 0 bridgehead atoms. The summed E-state index contributed by atoms with van der Waals surface area (Å²) in [6.07, 6.45) is 2.01. The van der Waals surface area contributed by atoms with Gasteiger partial charge in [-0.05, 0) is 57.9 Å². The van der Waals surface area contributed by atoms with E-state index in [4.69, 9.17) is 4.98 Å². The number of fused-ring (bicyclic) bond motifs is 1. The van der Waals surface area contributed by atoms with Crippen molar-refractivity contribution in [3.63, 3.8) is 0 Å². The van der Waals surface area contributed by atoms with Gasteiger partial charge in [0.15, 0.2) is 5.82 Å². The third-order valence-electron chi connectivity index (χ3n) is 5.51. The van der Waals surface area contributed by atoms with Crippen molar-refractivity contribution in [1.29, 1.82) is 5.26 Å². The second-order valence-corrected chi connectivity index (χ2v) is 9.10. The largest absolute Gasteiger partial charge is 0.370 e. The number of aromatic nitrogens is 1. The fourth-order valence-corrected chi connectivity index (χ4v) is 4.28. The Kier molecular flexibility index (Phi) is 5.79. The number of hydrogen-bond acceptors (Lipinski definition) is 5. The first-order valence-electron chi connectivity index (χ1n) is 10.7. The molecule has 0 unspecified atom stereocenters. The van der Waals surface area contributed by atoms with Crippen molar-refractivity contribution in [1.82, 2.24) is 10.3 Å². The molecule has 0 atom stereocenters. The molecule has 5 nitrogen and oxygen atoms in total. The molecular formula is C25H28FN5. The summed E-state index contributed by atoms with van der Waals surface area (Å²) in [6.45, 7) is 8.28. The SMILES string of the molecule is CC(C)(C)NC1CCN(c2c(C#N)c(Nc3cccc(F)c3)nc3ccccc23)CC1. The molecule has 1 aliphatic heterocycles. The molecule has 2 aromatic carbocycles. The zero-order valence-electron chi connectivity index (χ0n) is 18.2. The number of pyridine rings is 1. The third-order valence-corrected chi connectivity index (χ3v) is 5.51. The van der Waals surface area contributed by atoms with E-state index in [2.05, 4.69) is 42.4 Å². The fraction of sp³-hybridized carbons (Fsp3) is 0.360. The monoisotopic (exact) mass is 417 g/mol. The zero-order valence-corrected chi connectivity index (χ0v) is 18.2. The second-order valence-electron chi connectivity index (χ2n) is 9.10. The van der Waals surface area contributed by atoms with Gasteiger partial charge in [0.05, 0.1) is 11.2 Å². The number of anilines is 3. The molecule has 3 aromatic rings. The van der Waals surface area contributed by atoms with Crippen LogP contribution in [0.4, 0.5) is 21.6 Å². The molecule has 0 spiro atoms. The number of nitrogens with zero attached hydrogens (tertiary/aromatic N) is 3. The minimum absolute atomic E-state index is 0.0794. The molecule has 0 amide bonds. The van der Waals surface area contributed by atoms with E-state index in [1.165, 1.54) is 12.1 Å². The smallest absolute Gasteiger partial charge is 0.151 e. The number of benzene rings is 2. The van der Waals surface area contributed by atoms with Crippen molar-refractivity contribution in [2.45, 2.75) is 45.2 Å². The summed E-state index contributed by atoms with van der Waals surface area (Å²) < 4.78 is 13.7. The average Bonchev–Trinajstić information content (AvgIpc) is 2.72. The number of para-hydroxylation sites is 1. The summed E-state index contributed by atoms with van der Waals surface area (Å²) in [4.78, 5) is 6.99. The predicted octanol–water partition coefficient (Wildman–Crippen LogP) is 5.35. The lowest BCUT2D eigenvalue weighted by Crippen LogP contribution is -2.49. The van der Waals surface area contributed by atoms with Gasteiger partial charge in [0, 0.05) is 35.7 Å². The highest BCUT2D eigenvalue weighted by Crippen LogP contribution is 2.36. The third kappa shape index (κ3) is 4.78. The summed E-state index contributed by atoms with van der Waals surface area (Å²) in [5, 5.41) is 17.9. The van der Waals surface area contributed by atoms with Crippen LogP contribution in [-0.2, 0) is 0 Å². The van der Waals surface area contributed by atoms with Crippen LogP contribution in [0.5, 0.6) is 0 Å². The van der Waals surface area contributed by atoms with Crippen molar-refractivity contribution in [3.05, 3.63) is 59.9 Å². The summed E-state index contributed by atoms with van der Waals surface area (Å²) in [7, 11) is 0. The first-order chi connectivity index (χ1) is 14.8. The lowest BCUT2D eigenvalue weighted by molar-refractivity contribution is 0.317. The molecule has 2 N–H and O–H groups in total. The molecule has 6 heteroatoms. The second kappa shape index (κ2) is 8.52. The molecule has 160 valence electrons.